The third-order valence-electron chi connectivity index (χ3n) is 4.83. The Bertz CT molecular complexity index is 247. The summed E-state index contributed by atoms with van der Waals surface area (Å²) in [5, 5.41) is 17.7. The van der Waals surface area contributed by atoms with E-state index in [1.54, 1.807) is 0 Å². The molecule has 0 bridgehead atoms. The van der Waals surface area contributed by atoms with Gasteiger partial charge in [0.25, 0.3) is 0 Å². The van der Waals surface area contributed by atoms with E-state index < -0.39 is 5.60 Å². The van der Waals surface area contributed by atoms with Gasteiger partial charge in [-0.1, -0.05) is 13.8 Å². The molecule has 1 saturated carbocycles. The number of aliphatic hydroxyl groups is 1. The van der Waals surface area contributed by atoms with Crippen LogP contribution in [0.15, 0.2) is 0 Å². The molecule has 1 aliphatic carbocycles. The quantitative estimate of drug-likeness (QED) is 0.722. The molecule has 1 aliphatic heterocycles. The zero-order valence-electron chi connectivity index (χ0n) is 12.1. The molecule has 18 heavy (non-hydrogen) atoms. The molecule has 3 heteroatoms. The fourth-order valence-electron chi connectivity index (χ4n) is 3.13. The van der Waals surface area contributed by atoms with E-state index in [1.165, 1.54) is 19.3 Å². The van der Waals surface area contributed by atoms with Crippen LogP contribution in [0.5, 0.6) is 0 Å². The minimum atomic E-state index is -0.449. The van der Waals surface area contributed by atoms with Gasteiger partial charge in [0.05, 0.1) is 5.60 Å². The van der Waals surface area contributed by atoms with E-state index in [4.69, 9.17) is 0 Å². The van der Waals surface area contributed by atoms with Crippen molar-refractivity contribution in [3.8, 4) is 0 Å². The Morgan fingerprint density at radius 2 is 1.83 bits per heavy atom. The maximum Gasteiger partial charge on any atom is 0.0772 e. The number of hydrogen-bond donors (Lipinski definition) is 3. The van der Waals surface area contributed by atoms with Crippen molar-refractivity contribution in [2.24, 2.45) is 5.41 Å². The highest BCUT2D eigenvalue weighted by Gasteiger charge is 2.36. The monoisotopic (exact) mass is 254 g/mol. The number of nitrogens with one attached hydrogen (secondary N) is 2. The Balaban J connectivity index is 1.75. The summed E-state index contributed by atoms with van der Waals surface area (Å²) in [7, 11) is 0. The summed E-state index contributed by atoms with van der Waals surface area (Å²) in [5.41, 5.74) is -0.0201. The number of hydrogen-bond acceptors (Lipinski definition) is 3. The van der Waals surface area contributed by atoms with Crippen molar-refractivity contribution in [1.29, 1.82) is 0 Å². The fourth-order valence-corrected chi connectivity index (χ4v) is 3.13. The molecule has 2 rings (SSSR count). The topological polar surface area (TPSA) is 44.3 Å². The van der Waals surface area contributed by atoms with Gasteiger partial charge in [-0.25, -0.2) is 0 Å². The highest BCUT2D eigenvalue weighted by atomic mass is 16.3. The summed E-state index contributed by atoms with van der Waals surface area (Å²) in [6.45, 7) is 7.68. The first-order chi connectivity index (χ1) is 8.49. The minimum absolute atomic E-state index is 0.429. The van der Waals surface area contributed by atoms with Crippen molar-refractivity contribution in [1.82, 2.24) is 10.6 Å². The first kappa shape index (κ1) is 14.3. The third-order valence-corrected chi connectivity index (χ3v) is 4.83. The lowest BCUT2D eigenvalue weighted by Crippen LogP contribution is -2.47. The van der Waals surface area contributed by atoms with E-state index in [2.05, 4.69) is 24.5 Å². The van der Waals surface area contributed by atoms with E-state index in [0.29, 0.717) is 11.5 Å². The van der Waals surface area contributed by atoms with Gasteiger partial charge in [-0.15, -0.1) is 0 Å². The zero-order valence-corrected chi connectivity index (χ0v) is 12.1. The molecule has 106 valence electrons. The maximum atomic E-state index is 10.6. The molecule has 0 spiro atoms. The second kappa shape index (κ2) is 5.89. The largest absolute Gasteiger partial charge is 0.389 e. The molecule has 1 unspecified atom stereocenters. The van der Waals surface area contributed by atoms with E-state index in [1.807, 2.05) is 0 Å². The Morgan fingerprint density at radius 1 is 1.11 bits per heavy atom. The molecule has 0 radical (unpaired) electrons. The van der Waals surface area contributed by atoms with Crippen LogP contribution >= 0.6 is 0 Å². The van der Waals surface area contributed by atoms with E-state index >= 15 is 0 Å². The molecule has 0 aromatic carbocycles. The van der Waals surface area contributed by atoms with Crippen molar-refractivity contribution >= 4 is 0 Å². The molecule has 2 fully saturated rings. The van der Waals surface area contributed by atoms with Gasteiger partial charge in [-0.2, -0.15) is 0 Å². The third kappa shape index (κ3) is 4.22. The SMILES string of the molecule is CC1(C)CCC(O)(CNC2CCCNCC2)CC1. The fraction of sp³-hybridized carbons (Fsp3) is 1.00. The Kier molecular flexibility index (Phi) is 4.68. The van der Waals surface area contributed by atoms with Gasteiger partial charge in [0.15, 0.2) is 0 Å². The van der Waals surface area contributed by atoms with Gasteiger partial charge in [0.1, 0.15) is 0 Å². The summed E-state index contributed by atoms with van der Waals surface area (Å²) in [4.78, 5) is 0. The summed E-state index contributed by atoms with van der Waals surface area (Å²) >= 11 is 0. The summed E-state index contributed by atoms with van der Waals surface area (Å²) in [5.74, 6) is 0. The summed E-state index contributed by atoms with van der Waals surface area (Å²) in [6, 6.07) is 0.596. The van der Waals surface area contributed by atoms with Crippen molar-refractivity contribution in [3.05, 3.63) is 0 Å². The van der Waals surface area contributed by atoms with Gasteiger partial charge >= 0.3 is 0 Å². The standard InChI is InChI=1S/C15H30N2O/c1-14(2)6-8-15(18,9-7-14)12-17-13-4-3-10-16-11-5-13/h13,16-18H,3-12H2,1-2H3. The Labute approximate surface area is 112 Å². The normalized spacial score (nSPS) is 31.8. The van der Waals surface area contributed by atoms with Gasteiger partial charge in [-0.3, -0.25) is 0 Å². The highest BCUT2D eigenvalue weighted by Crippen LogP contribution is 2.39. The first-order valence-corrected chi connectivity index (χ1v) is 7.66. The van der Waals surface area contributed by atoms with E-state index in [-0.39, 0.29) is 0 Å². The molecular weight excluding hydrogens is 224 g/mol. The lowest BCUT2D eigenvalue weighted by atomic mass is 9.71. The van der Waals surface area contributed by atoms with Crippen LogP contribution in [-0.4, -0.2) is 36.4 Å². The smallest absolute Gasteiger partial charge is 0.0772 e. The molecule has 1 heterocycles. The average molecular weight is 254 g/mol. The molecule has 3 nitrogen and oxygen atoms in total. The van der Waals surface area contributed by atoms with Crippen LogP contribution in [0.25, 0.3) is 0 Å². The van der Waals surface area contributed by atoms with Crippen LogP contribution in [0.3, 0.4) is 0 Å². The molecule has 1 atom stereocenters. The van der Waals surface area contributed by atoms with Gasteiger partial charge < -0.3 is 15.7 Å². The van der Waals surface area contributed by atoms with Gasteiger partial charge in [-0.05, 0) is 63.5 Å². The lowest BCUT2D eigenvalue weighted by Gasteiger charge is -2.41. The van der Waals surface area contributed by atoms with E-state index in [0.717, 1.165) is 45.3 Å². The van der Waals surface area contributed by atoms with Crippen LogP contribution in [0.1, 0.15) is 58.8 Å². The molecule has 0 amide bonds. The molecule has 0 aromatic rings. The maximum absolute atomic E-state index is 10.6. The van der Waals surface area contributed by atoms with E-state index in [9.17, 15) is 5.11 Å². The summed E-state index contributed by atoms with van der Waals surface area (Å²) < 4.78 is 0. The minimum Gasteiger partial charge on any atom is -0.389 e. The van der Waals surface area contributed by atoms with Crippen molar-refractivity contribution in [2.45, 2.75) is 70.4 Å². The van der Waals surface area contributed by atoms with Gasteiger partial charge in [0, 0.05) is 12.6 Å². The van der Waals surface area contributed by atoms with Crippen LogP contribution < -0.4 is 10.6 Å². The van der Waals surface area contributed by atoms with Crippen LogP contribution in [-0.2, 0) is 0 Å². The van der Waals surface area contributed by atoms with Crippen LogP contribution in [0.2, 0.25) is 0 Å². The van der Waals surface area contributed by atoms with Crippen LogP contribution in [0, 0.1) is 5.41 Å². The Morgan fingerprint density at radius 3 is 2.56 bits per heavy atom. The average Bonchev–Trinajstić information content (AvgIpc) is 2.60. The zero-order chi connectivity index (χ0) is 13.1. The Hall–Kier alpha value is -0.120. The predicted molar refractivity (Wildman–Crippen MR) is 75.7 cm³/mol. The van der Waals surface area contributed by atoms with Crippen molar-refractivity contribution in [2.75, 3.05) is 19.6 Å². The number of rotatable bonds is 3. The first-order valence-electron chi connectivity index (χ1n) is 7.66. The summed E-state index contributed by atoms with van der Waals surface area (Å²) in [6.07, 6.45) is 7.91. The van der Waals surface area contributed by atoms with Crippen molar-refractivity contribution in [3.63, 3.8) is 0 Å². The van der Waals surface area contributed by atoms with Gasteiger partial charge in [0.2, 0.25) is 0 Å². The molecule has 0 aromatic heterocycles. The van der Waals surface area contributed by atoms with Crippen molar-refractivity contribution < 1.29 is 5.11 Å². The van der Waals surface area contributed by atoms with Crippen LogP contribution in [0.4, 0.5) is 0 Å². The molecule has 3 N–H and O–H groups in total. The lowest BCUT2D eigenvalue weighted by molar-refractivity contribution is -0.0262. The molecule has 2 aliphatic rings. The highest BCUT2D eigenvalue weighted by molar-refractivity contribution is 4.91. The second-order valence-electron chi connectivity index (χ2n) is 7.15. The predicted octanol–water partition coefficient (Wildman–Crippen LogP) is 2.05. The molecular formula is C15H30N2O. The second-order valence-corrected chi connectivity index (χ2v) is 7.15. The molecule has 1 saturated heterocycles.